The maximum Gasteiger partial charge on any atom is 0.237 e. The van der Waals surface area contributed by atoms with E-state index in [2.05, 4.69) is 41.0 Å². The third-order valence-electron chi connectivity index (χ3n) is 6.19. The molecule has 2 aliphatic rings. The van der Waals surface area contributed by atoms with Crippen LogP contribution < -0.4 is 10.0 Å². The van der Waals surface area contributed by atoms with Crippen LogP contribution in [0.5, 0.6) is 0 Å². The summed E-state index contributed by atoms with van der Waals surface area (Å²) in [4.78, 5) is 6.00. The molecule has 1 aromatic carbocycles. The first kappa shape index (κ1) is 21.4. The summed E-state index contributed by atoms with van der Waals surface area (Å²) in [7, 11) is -3.50. The van der Waals surface area contributed by atoms with Crippen LogP contribution in [0.3, 0.4) is 0 Å². The quantitative estimate of drug-likeness (QED) is 0.472. The maximum absolute atomic E-state index is 14.8. The van der Waals surface area contributed by atoms with Gasteiger partial charge in [0, 0.05) is 40.2 Å². The number of fused-ring (bicyclic) bond motifs is 1. The molecule has 2 atom stereocenters. The number of halogens is 1. The van der Waals surface area contributed by atoms with Gasteiger partial charge in [-0.05, 0) is 36.8 Å². The Hall–Kier alpha value is -2.46. The van der Waals surface area contributed by atoms with Gasteiger partial charge in [0.2, 0.25) is 10.0 Å². The van der Waals surface area contributed by atoms with Gasteiger partial charge in [0.1, 0.15) is 0 Å². The van der Waals surface area contributed by atoms with Crippen molar-refractivity contribution >= 4 is 38.6 Å². The molecule has 5 rings (SSSR count). The Kier molecular flexibility index (Phi) is 5.05. The van der Waals surface area contributed by atoms with Crippen molar-refractivity contribution < 1.29 is 12.8 Å². The largest absolute Gasteiger partial charge is 0.336 e. The van der Waals surface area contributed by atoms with E-state index in [1.165, 1.54) is 16.0 Å². The number of aromatic nitrogens is 3. The summed E-state index contributed by atoms with van der Waals surface area (Å²) in [5.41, 5.74) is 1.80. The predicted molar refractivity (Wildman–Crippen MR) is 125 cm³/mol. The summed E-state index contributed by atoms with van der Waals surface area (Å²) in [6.45, 7) is 6.63. The number of rotatable bonds is 4. The molecular formula is C22H26FN5O2S2. The molecule has 1 aliphatic heterocycles. The molecule has 1 fully saturated rings. The Morgan fingerprint density at radius 3 is 2.75 bits per heavy atom. The highest BCUT2D eigenvalue weighted by molar-refractivity contribution is 7.92. The van der Waals surface area contributed by atoms with E-state index >= 15 is 0 Å². The number of thiazole rings is 1. The summed E-state index contributed by atoms with van der Waals surface area (Å²) in [6, 6.07) is 5.01. The van der Waals surface area contributed by atoms with Crippen molar-refractivity contribution in [1.29, 1.82) is 0 Å². The lowest BCUT2D eigenvalue weighted by Gasteiger charge is -2.14. The molecule has 0 radical (unpaired) electrons. The van der Waals surface area contributed by atoms with E-state index in [-0.39, 0.29) is 22.4 Å². The van der Waals surface area contributed by atoms with Gasteiger partial charge in [-0.15, -0.1) is 11.3 Å². The van der Waals surface area contributed by atoms with Crippen LogP contribution in [0.25, 0.3) is 0 Å². The zero-order valence-electron chi connectivity index (χ0n) is 18.2. The van der Waals surface area contributed by atoms with Crippen LogP contribution in [0.15, 0.2) is 24.4 Å². The predicted octanol–water partition coefficient (Wildman–Crippen LogP) is 5.35. The van der Waals surface area contributed by atoms with Crippen LogP contribution in [-0.4, -0.2) is 23.6 Å². The van der Waals surface area contributed by atoms with Crippen LogP contribution >= 0.6 is 11.3 Å². The Morgan fingerprint density at radius 1 is 1.22 bits per heavy atom. The SMILES string of the molecule is CC(C)(C)c1cnc([C@@H]2CC[C@H](c3cc(Nc4ccc5c(c4F)CS(=O)(=O)N5)n[nH]3)C2)s1. The van der Waals surface area contributed by atoms with E-state index in [1.807, 2.05) is 23.6 Å². The standard InChI is InChI=1S/C22H26FN5O2S2/c1-22(2,3)18-10-24-21(31-18)13-5-4-12(8-13)17-9-19(27-26-17)25-16-7-6-15-14(20(16)23)11-32(29,30)28-15/h6-7,9-10,12-13,28H,4-5,8,11H2,1-3H3,(H2,25,26,27)/t12-,13+/m0/s1. The minimum Gasteiger partial charge on any atom is -0.336 e. The fraction of sp³-hybridized carbons (Fsp3) is 0.455. The molecule has 170 valence electrons. The van der Waals surface area contributed by atoms with Crippen LogP contribution in [-0.2, 0) is 21.2 Å². The molecule has 0 saturated heterocycles. The first-order valence-corrected chi connectivity index (χ1v) is 13.2. The van der Waals surface area contributed by atoms with Crippen molar-refractivity contribution in [2.24, 2.45) is 0 Å². The lowest BCUT2D eigenvalue weighted by Crippen LogP contribution is -2.07. The van der Waals surface area contributed by atoms with Gasteiger partial charge in [0.25, 0.3) is 0 Å². The molecule has 1 aliphatic carbocycles. The molecule has 7 nitrogen and oxygen atoms in total. The number of nitrogens with one attached hydrogen (secondary N) is 3. The van der Waals surface area contributed by atoms with E-state index in [0.717, 1.165) is 25.0 Å². The number of nitrogens with zero attached hydrogens (tertiary/aromatic N) is 2. The number of H-pyrrole nitrogens is 1. The molecule has 0 unspecified atom stereocenters. The molecule has 10 heteroatoms. The number of sulfonamides is 1. The summed E-state index contributed by atoms with van der Waals surface area (Å²) < 4.78 is 40.6. The second-order valence-corrected chi connectivity index (χ2v) is 12.5. The van der Waals surface area contributed by atoms with Crippen LogP contribution in [0, 0.1) is 5.82 Å². The molecule has 3 heterocycles. The van der Waals surface area contributed by atoms with Crippen molar-refractivity contribution in [3.8, 4) is 0 Å². The number of aromatic amines is 1. The highest BCUT2D eigenvalue weighted by atomic mass is 32.2. The van der Waals surface area contributed by atoms with E-state index < -0.39 is 15.8 Å². The van der Waals surface area contributed by atoms with E-state index in [9.17, 15) is 12.8 Å². The fourth-order valence-corrected chi connectivity index (χ4v) is 6.79. The Bertz CT molecular complexity index is 1280. The lowest BCUT2D eigenvalue weighted by atomic mass is 9.96. The summed E-state index contributed by atoms with van der Waals surface area (Å²) in [5.74, 6) is 0.390. The van der Waals surface area contributed by atoms with E-state index in [0.29, 0.717) is 23.3 Å². The van der Waals surface area contributed by atoms with Crippen molar-refractivity contribution in [1.82, 2.24) is 15.2 Å². The van der Waals surface area contributed by atoms with Gasteiger partial charge in [0.05, 0.1) is 22.1 Å². The highest BCUT2D eigenvalue weighted by Crippen LogP contribution is 2.45. The Morgan fingerprint density at radius 2 is 2.00 bits per heavy atom. The number of hydrogen-bond donors (Lipinski definition) is 3. The number of benzene rings is 1. The molecule has 3 aromatic rings. The Balaban J connectivity index is 1.28. The van der Waals surface area contributed by atoms with Crippen LogP contribution in [0.1, 0.15) is 73.0 Å². The number of anilines is 3. The van der Waals surface area contributed by atoms with Gasteiger partial charge in [-0.3, -0.25) is 9.82 Å². The van der Waals surface area contributed by atoms with Gasteiger partial charge < -0.3 is 5.32 Å². The van der Waals surface area contributed by atoms with Crippen molar-refractivity contribution in [3.63, 3.8) is 0 Å². The third kappa shape index (κ3) is 4.01. The topological polar surface area (TPSA) is 99.8 Å². The highest BCUT2D eigenvalue weighted by Gasteiger charge is 2.32. The normalized spacial score (nSPS) is 22.0. The van der Waals surface area contributed by atoms with Crippen molar-refractivity contribution in [2.75, 3.05) is 10.0 Å². The van der Waals surface area contributed by atoms with Crippen LogP contribution in [0.2, 0.25) is 0 Å². The zero-order valence-corrected chi connectivity index (χ0v) is 19.8. The molecule has 0 spiro atoms. The minimum atomic E-state index is -3.50. The minimum absolute atomic E-state index is 0.116. The summed E-state index contributed by atoms with van der Waals surface area (Å²) in [5, 5.41) is 11.6. The molecule has 2 aromatic heterocycles. The second-order valence-electron chi connectivity index (χ2n) is 9.67. The summed E-state index contributed by atoms with van der Waals surface area (Å²) in [6.07, 6.45) is 5.16. The van der Waals surface area contributed by atoms with Crippen LogP contribution in [0.4, 0.5) is 21.6 Å². The van der Waals surface area contributed by atoms with E-state index in [4.69, 9.17) is 4.98 Å². The smallest absolute Gasteiger partial charge is 0.237 e. The molecule has 1 saturated carbocycles. The molecule has 0 bridgehead atoms. The first-order chi connectivity index (χ1) is 15.1. The third-order valence-corrected chi connectivity index (χ3v) is 8.97. The molecular weight excluding hydrogens is 449 g/mol. The number of hydrogen-bond acceptors (Lipinski definition) is 6. The van der Waals surface area contributed by atoms with Gasteiger partial charge in [-0.25, -0.2) is 17.8 Å². The monoisotopic (exact) mass is 475 g/mol. The van der Waals surface area contributed by atoms with Gasteiger partial charge in [-0.1, -0.05) is 20.8 Å². The average molecular weight is 476 g/mol. The lowest BCUT2D eigenvalue weighted by molar-refractivity contribution is 0.597. The zero-order chi connectivity index (χ0) is 22.7. The maximum atomic E-state index is 14.8. The Labute approximate surface area is 190 Å². The molecule has 3 N–H and O–H groups in total. The van der Waals surface area contributed by atoms with E-state index in [1.54, 1.807) is 6.07 Å². The van der Waals surface area contributed by atoms with Crippen molar-refractivity contribution in [3.05, 3.63) is 51.4 Å². The molecule has 0 amide bonds. The first-order valence-electron chi connectivity index (χ1n) is 10.7. The average Bonchev–Trinajstić information content (AvgIpc) is 3.47. The van der Waals surface area contributed by atoms with Crippen molar-refractivity contribution in [2.45, 2.75) is 63.0 Å². The van der Waals surface area contributed by atoms with Gasteiger partial charge in [-0.2, -0.15) is 5.10 Å². The molecule has 32 heavy (non-hydrogen) atoms. The summed E-state index contributed by atoms with van der Waals surface area (Å²) >= 11 is 1.81. The fourth-order valence-electron chi connectivity index (χ4n) is 4.41. The van der Waals surface area contributed by atoms with Gasteiger partial charge >= 0.3 is 0 Å². The van der Waals surface area contributed by atoms with Gasteiger partial charge in [0.15, 0.2) is 11.6 Å². The second kappa shape index (κ2) is 7.55.